The highest BCUT2D eigenvalue weighted by atomic mass is 16.5. The Morgan fingerprint density at radius 3 is 3.00 bits per heavy atom. The number of morpholine rings is 1. The summed E-state index contributed by atoms with van der Waals surface area (Å²) in [6.45, 7) is 3.55. The summed E-state index contributed by atoms with van der Waals surface area (Å²) in [6, 6.07) is 10.2. The first-order valence-electron chi connectivity index (χ1n) is 8.21. The van der Waals surface area contributed by atoms with Crippen molar-refractivity contribution in [3.05, 3.63) is 55.1 Å². The van der Waals surface area contributed by atoms with E-state index in [1.165, 1.54) is 0 Å². The predicted molar refractivity (Wildman–Crippen MR) is 92.0 cm³/mol. The fourth-order valence-corrected chi connectivity index (χ4v) is 3.12. The van der Waals surface area contributed by atoms with Gasteiger partial charge in [0.25, 0.3) is 0 Å². The van der Waals surface area contributed by atoms with Gasteiger partial charge in [0.2, 0.25) is 0 Å². The van der Waals surface area contributed by atoms with Crippen molar-refractivity contribution in [3.63, 3.8) is 0 Å². The van der Waals surface area contributed by atoms with Crippen LogP contribution < -0.4 is 0 Å². The monoisotopic (exact) mass is 323 g/mol. The molecule has 1 fully saturated rings. The van der Waals surface area contributed by atoms with Gasteiger partial charge in [0.1, 0.15) is 5.82 Å². The summed E-state index contributed by atoms with van der Waals surface area (Å²) < 4.78 is 9.92. The third kappa shape index (κ3) is 3.11. The molecule has 1 atom stereocenters. The molecule has 3 heterocycles. The average molecular weight is 323 g/mol. The Morgan fingerprint density at radius 1 is 1.21 bits per heavy atom. The molecule has 1 aromatic carbocycles. The minimum absolute atomic E-state index is 0.200. The molecule has 0 spiro atoms. The van der Waals surface area contributed by atoms with Crippen molar-refractivity contribution in [1.82, 2.24) is 24.2 Å². The molecule has 0 N–H and O–H groups in total. The fraction of sp³-hybridized carbons (Fsp3) is 0.333. The maximum Gasteiger partial charge on any atom is 0.140 e. The first-order valence-corrected chi connectivity index (χ1v) is 8.21. The van der Waals surface area contributed by atoms with Gasteiger partial charge in [0.15, 0.2) is 0 Å². The van der Waals surface area contributed by atoms with Gasteiger partial charge in [-0.05, 0) is 25.2 Å². The van der Waals surface area contributed by atoms with E-state index in [1.54, 1.807) is 6.20 Å². The summed E-state index contributed by atoms with van der Waals surface area (Å²) in [4.78, 5) is 6.87. The molecule has 0 saturated carbocycles. The van der Waals surface area contributed by atoms with E-state index >= 15 is 0 Å². The number of rotatable bonds is 4. The van der Waals surface area contributed by atoms with Crippen LogP contribution in [0.15, 0.2) is 55.1 Å². The van der Waals surface area contributed by atoms with E-state index in [4.69, 9.17) is 4.74 Å². The number of imidazole rings is 1. The molecule has 0 bridgehead atoms. The van der Waals surface area contributed by atoms with E-state index in [1.807, 2.05) is 41.5 Å². The van der Waals surface area contributed by atoms with Crippen molar-refractivity contribution in [2.24, 2.45) is 0 Å². The Kier molecular flexibility index (Phi) is 4.15. The SMILES string of the molecule is CN1CCOC(Cn2ccnc2-c2cccc(-n3cccn3)c2)C1. The van der Waals surface area contributed by atoms with Crippen LogP contribution >= 0.6 is 0 Å². The Morgan fingerprint density at radius 2 is 2.17 bits per heavy atom. The van der Waals surface area contributed by atoms with Gasteiger partial charge < -0.3 is 14.2 Å². The second-order valence-corrected chi connectivity index (χ2v) is 6.16. The molecule has 0 radical (unpaired) electrons. The van der Waals surface area contributed by atoms with Crippen LogP contribution in [0.3, 0.4) is 0 Å². The molecule has 0 aliphatic carbocycles. The topological polar surface area (TPSA) is 48.1 Å². The first-order chi connectivity index (χ1) is 11.8. The lowest BCUT2D eigenvalue weighted by atomic mass is 10.2. The molecule has 3 aromatic rings. The normalized spacial score (nSPS) is 18.8. The minimum atomic E-state index is 0.200. The summed E-state index contributed by atoms with van der Waals surface area (Å²) in [5.41, 5.74) is 2.11. The summed E-state index contributed by atoms with van der Waals surface area (Å²) in [6.07, 6.45) is 7.80. The van der Waals surface area contributed by atoms with Crippen molar-refractivity contribution < 1.29 is 4.74 Å². The van der Waals surface area contributed by atoms with E-state index in [9.17, 15) is 0 Å². The number of likely N-dealkylation sites (N-methyl/N-ethyl adjacent to an activating group) is 1. The Hall–Kier alpha value is -2.44. The second kappa shape index (κ2) is 6.59. The molecule has 0 amide bonds. The van der Waals surface area contributed by atoms with Gasteiger partial charge in [-0.3, -0.25) is 0 Å². The highest BCUT2D eigenvalue weighted by molar-refractivity contribution is 5.59. The Labute approximate surface area is 141 Å². The summed E-state index contributed by atoms with van der Waals surface area (Å²) >= 11 is 0. The zero-order valence-electron chi connectivity index (χ0n) is 13.7. The van der Waals surface area contributed by atoms with Gasteiger partial charge in [-0.1, -0.05) is 12.1 Å². The molecular weight excluding hydrogens is 302 g/mol. The number of aromatic nitrogens is 4. The lowest BCUT2D eigenvalue weighted by Gasteiger charge is -2.30. The third-order valence-corrected chi connectivity index (χ3v) is 4.33. The molecule has 2 aromatic heterocycles. The maximum atomic E-state index is 5.89. The van der Waals surface area contributed by atoms with Gasteiger partial charge in [-0.2, -0.15) is 5.10 Å². The zero-order valence-corrected chi connectivity index (χ0v) is 13.7. The number of nitrogens with zero attached hydrogens (tertiary/aromatic N) is 5. The minimum Gasteiger partial charge on any atom is -0.374 e. The lowest BCUT2D eigenvalue weighted by molar-refractivity contribution is -0.0272. The molecular formula is C18H21N5O. The van der Waals surface area contributed by atoms with Gasteiger partial charge >= 0.3 is 0 Å². The maximum absolute atomic E-state index is 5.89. The van der Waals surface area contributed by atoms with Crippen molar-refractivity contribution in [3.8, 4) is 17.1 Å². The standard InChI is InChI=1S/C18H21N5O/c1-21-10-11-24-17(13-21)14-22-9-7-19-18(22)15-4-2-5-16(12-15)23-8-3-6-20-23/h2-9,12,17H,10-11,13-14H2,1H3. The molecule has 1 aliphatic heterocycles. The number of hydrogen-bond acceptors (Lipinski definition) is 4. The molecule has 1 saturated heterocycles. The van der Waals surface area contributed by atoms with Crippen LogP contribution in [-0.2, 0) is 11.3 Å². The molecule has 1 unspecified atom stereocenters. The van der Waals surface area contributed by atoms with Crippen LogP contribution in [0, 0.1) is 0 Å². The number of hydrogen-bond donors (Lipinski definition) is 0. The highest BCUT2D eigenvalue weighted by Crippen LogP contribution is 2.21. The van der Waals surface area contributed by atoms with Gasteiger partial charge in [-0.15, -0.1) is 0 Å². The Balaban J connectivity index is 1.59. The summed E-state index contributed by atoms with van der Waals surface area (Å²) in [5, 5.41) is 4.30. The predicted octanol–water partition coefficient (Wildman–Crippen LogP) is 2.07. The van der Waals surface area contributed by atoms with Gasteiger partial charge in [0, 0.05) is 43.4 Å². The largest absolute Gasteiger partial charge is 0.374 e. The Bertz CT molecular complexity index is 795. The van der Waals surface area contributed by atoms with Crippen LogP contribution in [0.5, 0.6) is 0 Å². The van der Waals surface area contributed by atoms with E-state index in [0.717, 1.165) is 43.3 Å². The fourth-order valence-electron chi connectivity index (χ4n) is 3.12. The van der Waals surface area contributed by atoms with Crippen LogP contribution in [-0.4, -0.2) is 57.1 Å². The quantitative estimate of drug-likeness (QED) is 0.737. The van der Waals surface area contributed by atoms with Crippen molar-refractivity contribution >= 4 is 0 Å². The average Bonchev–Trinajstić information content (AvgIpc) is 3.27. The van der Waals surface area contributed by atoms with Crippen molar-refractivity contribution in [2.45, 2.75) is 12.6 Å². The van der Waals surface area contributed by atoms with Crippen LogP contribution in [0.4, 0.5) is 0 Å². The van der Waals surface area contributed by atoms with Crippen molar-refractivity contribution in [2.75, 3.05) is 26.7 Å². The molecule has 4 rings (SSSR count). The van der Waals surface area contributed by atoms with E-state index in [-0.39, 0.29) is 6.10 Å². The van der Waals surface area contributed by atoms with Crippen LogP contribution in [0.25, 0.3) is 17.1 Å². The summed E-state index contributed by atoms with van der Waals surface area (Å²) in [5.74, 6) is 0.959. The van der Waals surface area contributed by atoms with E-state index in [0.29, 0.717) is 0 Å². The molecule has 124 valence electrons. The molecule has 24 heavy (non-hydrogen) atoms. The van der Waals surface area contributed by atoms with Crippen LogP contribution in [0.1, 0.15) is 0 Å². The molecule has 6 nitrogen and oxygen atoms in total. The van der Waals surface area contributed by atoms with E-state index < -0.39 is 0 Å². The second-order valence-electron chi connectivity index (χ2n) is 6.16. The first kappa shape index (κ1) is 15.1. The highest BCUT2D eigenvalue weighted by Gasteiger charge is 2.19. The van der Waals surface area contributed by atoms with Crippen molar-refractivity contribution in [1.29, 1.82) is 0 Å². The number of ether oxygens (including phenoxy) is 1. The zero-order chi connectivity index (χ0) is 16.4. The van der Waals surface area contributed by atoms with E-state index in [2.05, 4.69) is 38.7 Å². The van der Waals surface area contributed by atoms with Gasteiger partial charge in [0.05, 0.1) is 24.9 Å². The smallest absolute Gasteiger partial charge is 0.140 e. The number of benzene rings is 1. The summed E-state index contributed by atoms with van der Waals surface area (Å²) in [7, 11) is 2.14. The lowest BCUT2D eigenvalue weighted by Crippen LogP contribution is -2.41. The van der Waals surface area contributed by atoms with Crippen LogP contribution in [0.2, 0.25) is 0 Å². The molecule has 1 aliphatic rings. The van der Waals surface area contributed by atoms with Gasteiger partial charge in [-0.25, -0.2) is 9.67 Å². The third-order valence-electron chi connectivity index (χ3n) is 4.33. The molecule has 6 heteroatoms.